The van der Waals surface area contributed by atoms with Gasteiger partial charge in [-0.05, 0) is 54.2 Å². The van der Waals surface area contributed by atoms with Crippen molar-refractivity contribution in [2.24, 2.45) is 0 Å². The van der Waals surface area contributed by atoms with Crippen molar-refractivity contribution in [1.29, 1.82) is 0 Å². The molecule has 0 unspecified atom stereocenters. The average Bonchev–Trinajstić information content (AvgIpc) is 2.70. The molecule has 0 atom stereocenters. The van der Waals surface area contributed by atoms with Crippen LogP contribution < -0.4 is 16.0 Å². The maximum atomic E-state index is 12.1. The van der Waals surface area contributed by atoms with Gasteiger partial charge in [0.2, 0.25) is 5.91 Å². The summed E-state index contributed by atoms with van der Waals surface area (Å²) in [5, 5.41) is 8.26. The molecular weight excluding hydrogens is 392 g/mol. The third-order valence-electron chi connectivity index (χ3n) is 4.06. The lowest BCUT2D eigenvalue weighted by Gasteiger charge is -2.21. The number of carbonyl (C=O) groups excluding carboxylic acids is 2. The Labute approximate surface area is 173 Å². The molecule has 148 valence electrons. The third kappa shape index (κ3) is 6.45. The number of amides is 3. The van der Waals surface area contributed by atoms with Gasteiger partial charge in [0.05, 0.1) is 4.58 Å². The number of rotatable bonds is 6. The zero-order valence-electron chi connectivity index (χ0n) is 15.7. The van der Waals surface area contributed by atoms with Crippen LogP contribution in [0.4, 0.5) is 16.3 Å². The smallest absolute Gasteiger partial charge is 0.319 e. The van der Waals surface area contributed by atoms with Gasteiger partial charge in [-0.2, -0.15) is 0 Å². The van der Waals surface area contributed by atoms with Gasteiger partial charge in [0, 0.05) is 24.8 Å². The zero-order chi connectivity index (χ0) is 19.8. The van der Waals surface area contributed by atoms with E-state index < -0.39 is 0 Å². The van der Waals surface area contributed by atoms with E-state index in [2.05, 4.69) is 27.0 Å². The van der Waals surface area contributed by atoms with Crippen molar-refractivity contribution in [3.05, 3.63) is 53.7 Å². The largest absolute Gasteiger partial charge is 0.337 e. The van der Waals surface area contributed by atoms with Crippen LogP contribution in [0.25, 0.3) is 0 Å². The average molecular weight is 417 g/mol. The molecular formula is C20H24N4O2S2. The molecule has 2 heterocycles. The molecule has 1 aromatic heterocycles. The van der Waals surface area contributed by atoms with Gasteiger partial charge in [-0.1, -0.05) is 18.2 Å². The minimum atomic E-state index is -0.317. The number of aryl methyl sites for hydroxylation is 1. The Balaban J connectivity index is 1.41. The van der Waals surface area contributed by atoms with E-state index in [4.69, 9.17) is 0 Å². The molecule has 6 nitrogen and oxygen atoms in total. The van der Waals surface area contributed by atoms with Crippen LogP contribution in [0, 0.1) is 6.92 Å². The second-order valence-electron chi connectivity index (χ2n) is 6.45. The number of pyridine rings is 1. The Morgan fingerprint density at radius 1 is 1.14 bits per heavy atom. The maximum absolute atomic E-state index is 12.1. The Morgan fingerprint density at radius 3 is 2.71 bits per heavy atom. The predicted octanol–water partition coefficient (Wildman–Crippen LogP) is 4.41. The fourth-order valence-electron chi connectivity index (χ4n) is 2.66. The monoisotopic (exact) mass is 416 g/mol. The molecule has 0 spiro atoms. The lowest BCUT2D eigenvalue weighted by molar-refractivity contribution is -0.116. The van der Waals surface area contributed by atoms with E-state index in [1.54, 1.807) is 12.3 Å². The van der Waals surface area contributed by atoms with Gasteiger partial charge in [0.1, 0.15) is 5.82 Å². The van der Waals surface area contributed by atoms with Crippen molar-refractivity contribution in [1.82, 2.24) is 10.3 Å². The Morgan fingerprint density at radius 2 is 1.96 bits per heavy atom. The molecule has 28 heavy (non-hydrogen) atoms. The number of aromatic nitrogens is 1. The number of thioether (sulfide) groups is 2. The lowest BCUT2D eigenvalue weighted by atomic mass is 10.2. The second-order valence-corrected chi connectivity index (χ2v) is 9.18. The number of anilines is 2. The molecule has 3 amide bonds. The molecule has 3 N–H and O–H groups in total. The van der Waals surface area contributed by atoms with Crippen LogP contribution in [-0.2, 0) is 4.79 Å². The summed E-state index contributed by atoms with van der Waals surface area (Å²) in [5.41, 5.74) is 3.01. The number of carbonyl (C=O) groups is 2. The van der Waals surface area contributed by atoms with Crippen molar-refractivity contribution in [3.8, 4) is 0 Å². The summed E-state index contributed by atoms with van der Waals surface area (Å²) in [4.78, 5) is 28.2. The zero-order valence-corrected chi connectivity index (χ0v) is 17.4. The van der Waals surface area contributed by atoms with Gasteiger partial charge in [-0.3, -0.25) is 4.79 Å². The van der Waals surface area contributed by atoms with E-state index in [0.717, 1.165) is 11.3 Å². The molecule has 8 heteroatoms. The highest BCUT2D eigenvalue weighted by Crippen LogP contribution is 2.43. The molecule has 0 saturated carbocycles. The first-order valence-electron chi connectivity index (χ1n) is 9.21. The molecule has 1 aliphatic rings. The van der Waals surface area contributed by atoms with Crippen molar-refractivity contribution < 1.29 is 9.59 Å². The number of hydrogen-bond acceptors (Lipinski definition) is 5. The standard InChI is InChI=1S/C20H24N4O2S2/c1-14-6-7-17(22-13-14)24-18(25)8-9-21-20(26)23-16-5-2-4-15(12-16)19-27-10-3-11-28-19/h2,4-7,12-13,19H,3,8-11H2,1H3,(H2,21,23,26)(H,22,24,25). The third-order valence-corrected chi connectivity index (χ3v) is 7.08. The van der Waals surface area contributed by atoms with Gasteiger partial charge < -0.3 is 16.0 Å². The number of benzene rings is 1. The summed E-state index contributed by atoms with van der Waals surface area (Å²) in [6.45, 7) is 2.18. The first kappa shape index (κ1) is 20.5. The van der Waals surface area contributed by atoms with E-state index in [0.29, 0.717) is 10.4 Å². The highest BCUT2D eigenvalue weighted by Gasteiger charge is 2.17. The maximum Gasteiger partial charge on any atom is 0.319 e. The summed E-state index contributed by atoms with van der Waals surface area (Å²) in [6.07, 6.45) is 3.12. The van der Waals surface area contributed by atoms with E-state index in [1.807, 2.05) is 54.7 Å². The fraction of sp³-hybridized carbons (Fsp3) is 0.350. The molecule has 1 saturated heterocycles. The van der Waals surface area contributed by atoms with Crippen LogP contribution in [0.1, 0.15) is 28.6 Å². The summed E-state index contributed by atoms with van der Waals surface area (Å²) >= 11 is 3.89. The number of urea groups is 1. The van der Waals surface area contributed by atoms with Crippen LogP contribution in [-0.4, -0.2) is 35.0 Å². The van der Waals surface area contributed by atoms with Crippen LogP contribution in [0.3, 0.4) is 0 Å². The molecule has 0 bridgehead atoms. The molecule has 1 aliphatic heterocycles. The lowest BCUT2D eigenvalue weighted by Crippen LogP contribution is -2.31. The second kappa shape index (κ2) is 10.4. The highest BCUT2D eigenvalue weighted by molar-refractivity contribution is 8.16. The molecule has 1 aromatic carbocycles. The van der Waals surface area contributed by atoms with E-state index in [-0.39, 0.29) is 24.9 Å². The van der Waals surface area contributed by atoms with Gasteiger partial charge in [0.15, 0.2) is 0 Å². The molecule has 1 fully saturated rings. The predicted molar refractivity (Wildman–Crippen MR) is 118 cm³/mol. The van der Waals surface area contributed by atoms with E-state index in [9.17, 15) is 9.59 Å². The van der Waals surface area contributed by atoms with Gasteiger partial charge in [-0.15, -0.1) is 23.5 Å². The van der Waals surface area contributed by atoms with Gasteiger partial charge in [-0.25, -0.2) is 9.78 Å². The highest BCUT2D eigenvalue weighted by atomic mass is 32.2. The Kier molecular flexibility index (Phi) is 7.62. The van der Waals surface area contributed by atoms with Crippen molar-refractivity contribution in [2.45, 2.75) is 24.3 Å². The Bertz CT molecular complexity index is 808. The number of nitrogens with zero attached hydrogens (tertiary/aromatic N) is 1. The summed E-state index contributed by atoms with van der Waals surface area (Å²) in [5.74, 6) is 2.67. The fourth-order valence-corrected chi connectivity index (χ4v) is 5.53. The summed E-state index contributed by atoms with van der Waals surface area (Å²) < 4.78 is 0.428. The molecule has 2 aromatic rings. The van der Waals surface area contributed by atoms with Crippen molar-refractivity contribution in [3.63, 3.8) is 0 Å². The quantitative estimate of drug-likeness (QED) is 0.650. The summed E-state index contributed by atoms with van der Waals surface area (Å²) in [7, 11) is 0. The van der Waals surface area contributed by atoms with Crippen molar-refractivity contribution in [2.75, 3.05) is 28.7 Å². The Hall–Kier alpha value is -2.19. The van der Waals surface area contributed by atoms with Gasteiger partial charge >= 0.3 is 6.03 Å². The molecule has 0 aliphatic carbocycles. The molecule has 3 rings (SSSR count). The van der Waals surface area contributed by atoms with E-state index in [1.165, 1.54) is 23.5 Å². The first-order valence-corrected chi connectivity index (χ1v) is 11.3. The minimum Gasteiger partial charge on any atom is -0.337 e. The SMILES string of the molecule is Cc1ccc(NC(=O)CCNC(=O)Nc2cccc(C3SCCCS3)c2)nc1. The topological polar surface area (TPSA) is 83.1 Å². The molecule has 0 radical (unpaired) electrons. The van der Waals surface area contributed by atoms with Crippen molar-refractivity contribution >= 4 is 47.0 Å². The van der Waals surface area contributed by atoms with E-state index >= 15 is 0 Å². The first-order chi connectivity index (χ1) is 13.6. The number of nitrogens with one attached hydrogen (secondary N) is 3. The normalized spacial score (nSPS) is 14.3. The van der Waals surface area contributed by atoms with Gasteiger partial charge in [0.25, 0.3) is 0 Å². The van der Waals surface area contributed by atoms with Crippen LogP contribution in [0.5, 0.6) is 0 Å². The van der Waals surface area contributed by atoms with Crippen LogP contribution in [0.15, 0.2) is 42.6 Å². The van der Waals surface area contributed by atoms with Crippen LogP contribution in [0.2, 0.25) is 0 Å². The van der Waals surface area contributed by atoms with Crippen LogP contribution >= 0.6 is 23.5 Å². The summed E-state index contributed by atoms with van der Waals surface area (Å²) in [6, 6.07) is 11.3. The minimum absolute atomic E-state index is 0.179. The number of hydrogen-bond donors (Lipinski definition) is 3.